The maximum atomic E-state index is 11.9. The van der Waals surface area contributed by atoms with Gasteiger partial charge in [0.15, 0.2) is 5.78 Å². The van der Waals surface area contributed by atoms with Crippen molar-refractivity contribution in [3.8, 4) is 5.75 Å². The second-order valence-electron chi connectivity index (χ2n) is 3.98. The van der Waals surface area contributed by atoms with Crippen LogP contribution >= 0.6 is 22.6 Å². The fourth-order valence-corrected chi connectivity index (χ4v) is 1.96. The molecule has 0 aliphatic carbocycles. The summed E-state index contributed by atoms with van der Waals surface area (Å²) in [7, 11) is 1.63. The highest BCUT2D eigenvalue weighted by Crippen LogP contribution is 2.13. The Morgan fingerprint density at radius 1 is 1.05 bits per heavy atom. The molecule has 0 aliphatic rings. The first-order valence-corrected chi connectivity index (χ1v) is 6.89. The van der Waals surface area contributed by atoms with E-state index < -0.39 is 0 Å². The van der Waals surface area contributed by atoms with Crippen LogP contribution in [0.4, 0.5) is 0 Å². The van der Waals surface area contributed by atoms with Crippen molar-refractivity contribution in [2.75, 3.05) is 7.11 Å². The average molecular weight is 362 g/mol. The molecule has 0 aliphatic heterocycles. The Morgan fingerprint density at radius 3 is 2.26 bits per heavy atom. The smallest absolute Gasteiger partial charge is 0.185 e. The Labute approximate surface area is 126 Å². The van der Waals surface area contributed by atoms with Gasteiger partial charge in [-0.1, -0.05) is 30.3 Å². The predicted molar refractivity (Wildman–Crippen MR) is 85.5 cm³/mol. The highest BCUT2D eigenvalue weighted by atomic mass is 125. The Hall–Kier alpha value is -1.62. The topological polar surface area (TPSA) is 26.3 Å². The number of hydrogen-bond donors (Lipinski definition) is 0. The third kappa shape index (κ3) is 3.92. The van der Waals surface area contributed by atoms with Crippen molar-refractivity contribution in [2.45, 2.75) is 0 Å². The van der Waals surface area contributed by atoms with Gasteiger partial charge < -0.3 is 4.74 Å². The Morgan fingerprint density at radius 2 is 1.68 bits per heavy atom. The molecule has 2 aromatic carbocycles. The minimum atomic E-state index is 0.00668. The number of benzene rings is 2. The van der Waals surface area contributed by atoms with Gasteiger partial charge >= 0.3 is 0 Å². The second kappa shape index (κ2) is 6.52. The molecule has 0 heterocycles. The normalized spacial score (nSPS) is 10.6. The van der Waals surface area contributed by atoms with Crippen molar-refractivity contribution in [3.05, 3.63) is 69.3 Å². The Balaban J connectivity index is 2.08. The predicted octanol–water partition coefficient (Wildman–Crippen LogP) is 4.20. The van der Waals surface area contributed by atoms with E-state index in [1.807, 2.05) is 48.5 Å². The van der Waals surface area contributed by atoms with Crippen molar-refractivity contribution >= 4 is 34.5 Å². The molecule has 0 bridgehead atoms. The van der Waals surface area contributed by atoms with Crippen molar-refractivity contribution < 1.29 is 9.53 Å². The molecule has 0 atom stereocenters. The maximum absolute atomic E-state index is 11.9. The number of ketones is 1. The third-order valence-electron chi connectivity index (χ3n) is 2.67. The van der Waals surface area contributed by atoms with E-state index in [4.69, 9.17) is 4.74 Å². The fourth-order valence-electron chi connectivity index (χ4n) is 1.60. The number of carbonyl (C=O) groups excluding carboxylic acids is 1. The first-order chi connectivity index (χ1) is 9.19. The zero-order valence-electron chi connectivity index (χ0n) is 10.5. The van der Waals surface area contributed by atoms with Crippen LogP contribution in [0.25, 0.3) is 6.08 Å². The van der Waals surface area contributed by atoms with Crippen LogP contribution in [0, 0.1) is 3.57 Å². The number of methoxy groups -OCH3 is 1. The van der Waals surface area contributed by atoms with Crippen molar-refractivity contribution in [1.82, 2.24) is 0 Å². The maximum Gasteiger partial charge on any atom is 0.185 e. The number of hydrogen-bond acceptors (Lipinski definition) is 2. The molecule has 0 saturated heterocycles. The Kier molecular flexibility index (Phi) is 4.74. The second-order valence-corrected chi connectivity index (χ2v) is 5.22. The van der Waals surface area contributed by atoms with Crippen LogP contribution in [-0.4, -0.2) is 12.9 Å². The molecular formula is C16H13IO2. The summed E-state index contributed by atoms with van der Waals surface area (Å²) >= 11 is 2.22. The van der Waals surface area contributed by atoms with Crippen LogP contribution in [-0.2, 0) is 0 Å². The Bertz CT molecular complexity index is 583. The van der Waals surface area contributed by atoms with Crippen LogP contribution in [0.3, 0.4) is 0 Å². The van der Waals surface area contributed by atoms with E-state index in [0.717, 1.165) is 14.9 Å². The van der Waals surface area contributed by atoms with Crippen LogP contribution in [0.2, 0.25) is 0 Å². The number of allylic oxidation sites excluding steroid dienone is 1. The molecule has 19 heavy (non-hydrogen) atoms. The van der Waals surface area contributed by atoms with Gasteiger partial charge in [0.05, 0.1) is 7.11 Å². The number of halogens is 1. The largest absolute Gasteiger partial charge is 0.497 e. The molecule has 0 N–H and O–H groups in total. The first-order valence-electron chi connectivity index (χ1n) is 5.81. The van der Waals surface area contributed by atoms with E-state index in [0.29, 0.717) is 5.56 Å². The van der Waals surface area contributed by atoms with E-state index in [-0.39, 0.29) is 5.78 Å². The summed E-state index contributed by atoms with van der Waals surface area (Å²) in [6.07, 6.45) is 3.39. The molecule has 3 heteroatoms. The highest BCUT2D eigenvalue weighted by Gasteiger charge is 2.00. The molecule has 2 nitrogen and oxygen atoms in total. The van der Waals surface area contributed by atoms with Gasteiger partial charge in [-0.3, -0.25) is 4.79 Å². The molecule has 0 radical (unpaired) electrons. The van der Waals surface area contributed by atoms with Crippen LogP contribution in [0.15, 0.2) is 54.6 Å². The van der Waals surface area contributed by atoms with Gasteiger partial charge in [-0.15, -0.1) is 0 Å². The molecular weight excluding hydrogens is 349 g/mol. The van der Waals surface area contributed by atoms with Crippen molar-refractivity contribution in [3.63, 3.8) is 0 Å². The van der Waals surface area contributed by atoms with E-state index in [1.54, 1.807) is 19.3 Å². The first kappa shape index (κ1) is 13.8. The summed E-state index contributed by atoms with van der Waals surface area (Å²) in [4.78, 5) is 11.9. The molecule has 0 unspecified atom stereocenters. The standard InChI is InChI=1S/C16H13IO2/c1-19-15-9-2-12(3-10-15)4-11-16(18)13-5-7-14(17)8-6-13/h2-11H,1H3/b11-4+/i17-2. The van der Waals surface area contributed by atoms with Crippen LogP contribution < -0.4 is 4.74 Å². The monoisotopic (exact) mass is 362 g/mol. The number of ether oxygens (including phenoxy) is 1. The summed E-state index contributed by atoms with van der Waals surface area (Å²) < 4.78 is 6.20. The molecule has 96 valence electrons. The summed E-state index contributed by atoms with van der Waals surface area (Å²) in [6.45, 7) is 0. The van der Waals surface area contributed by atoms with Gasteiger partial charge in [-0.05, 0) is 58.5 Å². The molecule has 0 saturated carbocycles. The average Bonchev–Trinajstić information content (AvgIpc) is 2.46. The van der Waals surface area contributed by atoms with Crippen LogP contribution in [0.5, 0.6) is 5.75 Å². The lowest BCUT2D eigenvalue weighted by atomic mass is 10.1. The summed E-state index contributed by atoms with van der Waals surface area (Å²) in [6, 6.07) is 15.1. The molecule has 0 aromatic heterocycles. The zero-order chi connectivity index (χ0) is 13.7. The summed E-state index contributed by atoms with van der Waals surface area (Å²) in [5, 5.41) is 0. The van der Waals surface area contributed by atoms with E-state index in [9.17, 15) is 4.79 Å². The molecule has 0 amide bonds. The van der Waals surface area contributed by atoms with Gasteiger partial charge in [-0.25, -0.2) is 0 Å². The number of carbonyl (C=O) groups is 1. The zero-order valence-corrected chi connectivity index (χ0v) is 12.6. The van der Waals surface area contributed by atoms with Crippen LogP contribution in [0.1, 0.15) is 15.9 Å². The summed E-state index contributed by atoms with van der Waals surface area (Å²) in [5.74, 6) is 0.813. The molecule has 0 fully saturated rings. The molecule has 2 rings (SSSR count). The summed E-state index contributed by atoms with van der Waals surface area (Å²) in [5.41, 5.74) is 1.67. The number of rotatable bonds is 4. The van der Waals surface area contributed by atoms with E-state index in [1.165, 1.54) is 0 Å². The minimum absolute atomic E-state index is 0.00668. The van der Waals surface area contributed by atoms with Gasteiger partial charge in [0.1, 0.15) is 5.75 Å². The third-order valence-corrected chi connectivity index (χ3v) is 3.39. The lowest BCUT2D eigenvalue weighted by Crippen LogP contribution is -1.93. The minimum Gasteiger partial charge on any atom is -0.497 e. The van der Waals surface area contributed by atoms with Crippen molar-refractivity contribution in [2.24, 2.45) is 0 Å². The fraction of sp³-hybridized carbons (Fsp3) is 0.0625. The van der Waals surface area contributed by atoms with E-state index in [2.05, 4.69) is 22.6 Å². The van der Waals surface area contributed by atoms with Gasteiger partial charge in [0.25, 0.3) is 0 Å². The van der Waals surface area contributed by atoms with Crippen molar-refractivity contribution in [1.29, 1.82) is 0 Å². The molecule has 2 aromatic rings. The van der Waals surface area contributed by atoms with E-state index >= 15 is 0 Å². The lowest BCUT2D eigenvalue weighted by molar-refractivity contribution is 0.104. The van der Waals surface area contributed by atoms with Gasteiger partial charge in [-0.2, -0.15) is 0 Å². The van der Waals surface area contributed by atoms with Gasteiger partial charge in [0, 0.05) is 9.13 Å². The quantitative estimate of drug-likeness (QED) is 0.463. The van der Waals surface area contributed by atoms with Gasteiger partial charge in [0.2, 0.25) is 0 Å². The SMILES string of the molecule is COc1ccc(/C=C/C(=O)c2ccc([125I])cc2)cc1. The highest BCUT2D eigenvalue weighted by molar-refractivity contribution is 14.1. The lowest BCUT2D eigenvalue weighted by Gasteiger charge is -1.99. The molecule has 0 spiro atoms.